The van der Waals surface area contributed by atoms with Gasteiger partial charge in [0.2, 0.25) is 0 Å². The predicted octanol–water partition coefficient (Wildman–Crippen LogP) is 2.32. The number of aryl methyl sites for hydroxylation is 2. The lowest BCUT2D eigenvalue weighted by molar-refractivity contribution is 0.0777. The largest absolute Gasteiger partial charge is 0.488 e. The summed E-state index contributed by atoms with van der Waals surface area (Å²) in [6.07, 6.45) is 0.838. The molecule has 24 heavy (non-hydrogen) atoms. The van der Waals surface area contributed by atoms with E-state index in [2.05, 4.69) is 5.16 Å². The van der Waals surface area contributed by atoms with Crippen molar-refractivity contribution >= 4 is 5.91 Å². The summed E-state index contributed by atoms with van der Waals surface area (Å²) in [4.78, 5) is 14.5. The third kappa shape index (κ3) is 3.28. The highest BCUT2D eigenvalue weighted by molar-refractivity contribution is 5.97. The van der Waals surface area contributed by atoms with Gasteiger partial charge in [0, 0.05) is 25.6 Å². The monoisotopic (exact) mass is 330 g/mol. The smallest absolute Gasteiger partial charge is 0.257 e. The number of aliphatic hydroxyl groups is 1. The summed E-state index contributed by atoms with van der Waals surface area (Å²) in [5, 5.41) is 13.2. The number of hydrogen-bond donors (Lipinski definition) is 1. The first-order chi connectivity index (χ1) is 11.6. The molecule has 1 N–H and O–H groups in total. The van der Waals surface area contributed by atoms with Gasteiger partial charge in [-0.1, -0.05) is 17.3 Å². The van der Waals surface area contributed by atoms with Crippen LogP contribution in [0, 0.1) is 19.8 Å². The van der Waals surface area contributed by atoms with E-state index >= 15 is 0 Å². The third-order valence-electron chi connectivity index (χ3n) is 4.50. The van der Waals surface area contributed by atoms with E-state index in [1.165, 1.54) is 0 Å². The Balaban J connectivity index is 1.74. The predicted molar refractivity (Wildman–Crippen MR) is 87.8 cm³/mol. The summed E-state index contributed by atoms with van der Waals surface area (Å²) in [5.74, 6) is 1.39. The molecule has 0 bridgehead atoms. The summed E-state index contributed by atoms with van der Waals surface area (Å²) in [5.41, 5.74) is 2.24. The number of para-hydroxylation sites is 1. The van der Waals surface area contributed by atoms with E-state index in [0.717, 1.165) is 23.4 Å². The van der Waals surface area contributed by atoms with E-state index in [9.17, 15) is 9.90 Å². The van der Waals surface area contributed by atoms with Crippen molar-refractivity contribution in [2.45, 2.75) is 26.9 Å². The Labute approximate surface area is 141 Å². The van der Waals surface area contributed by atoms with Crippen LogP contribution in [0.25, 0.3) is 0 Å². The number of benzene rings is 1. The van der Waals surface area contributed by atoms with Crippen LogP contribution in [0.4, 0.5) is 0 Å². The van der Waals surface area contributed by atoms with E-state index in [-0.39, 0.29) is 18.4 Å². The Hall–Kier alpha value is -2.34. The molecule has 6 nitrogen and oxygen atoms in total. The van der Waals surface area contributed by atoms with Crippen LogP contribution in [0.5, 0.6) is 5.75 Å². The maximum atomic E-state index is 12.8. The number of aromatic nitrogens is 1. The number of rotatable bonds is 5. The third-order valence-corrected chi connectivity index (χ3v) is 4.50. The molecule has 0 aliphatic carbocycles. The number of hydrogen-bond acceptors (Lipinski definition) is 5. The molecule has 0 saturated carbocycles. The molecule has 1 amide bonds. The Morgan fingerprint density at radius 1 is 1.42 bits per heavy atom. The van der Waals surface area contributed by atoms with Crippen LogP contribution in [0.3, 0.4) is 0 Å². The van der Waals surface area contributed by atoms with Crippen molar-refractivity contribution < 1.29 is 19.2 Å². The Morgan fingerprint density at radius 2 is 2.21 bits per heavy atom. The Morgan fingerprint density at radius 3 is 2.88 bits per heavy atom. The van der Waals surface area contributed by atoms with Crippen LogP contribution in [0.1, 0.15) is 33.8 Å². The first-order valence-electron chi connectivity index (χ1n) is 8.14. The van der Waals surface area contributed by atoms with Gasteiger partial charge in [0.05, 0.1) is 16.8 Å². The van der Waals surface area contributed by atoms with Gasteiger partial charge >= 0.3 is 0 Å². The highest BCUT2D eigenvalue weighted by atomic mass is 16.5. The van der Waals surface area contributed by atoms with Gasteiger partial charge in [-0.25, -0.2) is 0 Å². The first kappa shape index (κ1) is 16.5. The van der Waals surface area contributed by atoms with Crippen LogP contribution in [0.2, 0.25) is 0 Å². The van der Waals surface area contributed by atoms with Crippen molar-refractivity contribution in [2.24, 2.45) is 5.92 Å². The van der Waals surface area contributed by atoms with Crippen molar-refractivity contribution in [1.29, 1.82) is 0 Å². The molecule has 1 unspecified atom stereocenters. The average Bonchev–Trinajstić information content (AvgIpc) is 3.20. The molecule has 1 aromatic heterocycles. The molecule has 1 aromatic carbocycles. The van der Waals surface area contributed by atoms with Gasteiger partial charge in [-0.05, 0) is 32.4 Å². The zero-order chi connectivity index (χ0) is 17.1. The summed E-state index contributed by atoms with van der Waals surface area (Å²) >= 11 is 0. The molecule has 1 atom stereocenters. The van der Waals surface area contributed by atoms with Gasteiger partial charge < -0.3 is 19.3 Å². The minimum Gasteiger partial charge on any atom is -0.488 e. The number of aliphatic hydroxyl groups excluding tert-OH is 1. The fraction of sp³-hybridized carbons (Fsp3) is 0.444. The van der Waals surface area contributed by atoms with Gasteiger partial charge in [0.15, 0.2) is 0 Å². The molecular formula is C18H22N2O4. The number of nitrogens with zero attached hydrogens (tertiary/aromatic N) is 2. The van der Waals surface area contributed by atoms with Crippen molar-refractivity contribution in [3.63, 3.8) is 0 Å². The molecule has 6 heteroatoms. The minimum atomic E-state index is -0.0553. The van der Waals surface area contributed by atoms with Crippen molar-refractivity contribution in [1.82, 2.24) is 10.1 Å². The second-order valence-electron chi connectivity index (χ2n) is 6.18. The van der Waals surface area contributed by atoms with Crippen LogP contribution in [0.15, 0.2) is 28.8 Å². The Bertz CT molecular complexity index is 706. The Kier molecular flexibility index (Phi) is 4.85. The fourth-order valence-electron chi connectivity index (χ4n) is 2.96. The number of amides is 1. The van der Waals surface area contributed by atoms with Gasteiger partial charge in [0.25, 0.3) is 5.91 Å². The molecule has 1 fully saturated rings. The van der Waals surface area contributed by atoms with E-state index in [1.807, 2.05) is 26.0 Å². The molecule has 0 radical (unpaired) electrons. The highest BCUT2D eigenvalue weighted by Crippen LogP contribution is 2.25. The van der Waals surface area contributed by atoms with Gasteiger partial charge in [0.1, 0.15) is 18.1 Å². The number of carbonyl (C=O) groups excluding carboxylic acids is 1. The molecular weight excluding hydrogens is 308 g/mol. The maximum Gasteiger partial charge on any atom is 0.257 e. The molecule has 1 aliphatic heterocycles. The lowest BCUT2D eigenvalue weighted by Crippen LogP contribution is -2.29. The molecule has 128 valence electrons. The molecule has 2 aromatic rings. The summed E-state index contributed by atoms with van der Waals surface area (Å²) in [6.45, 7) is 5.40. The number of likely N-dealkylation sites (tertiary alicyclic amines) is 1. The quantitative estimate of drug-likeness (QED) is 0.910. The van der Waals surface area contributed by atoms with Crippen LogP contribution < -0.4 is 4.74 Å². The van der Waals surface area contributed by atoms with E-state index in [4.69, 9.17) is 9.26 Å². The van der Waals surface area contributed by atoms with Gasteiger partial charge in [-0.2, -0.15) is 0 Å². The van der Waals surface area contributed by atoms with Crippen molar-refractivity contribution in [2.75, 3.05) is 19.7 Å². The van der Waals surface area contributed by atoms with Gasteiger partial charge in [-0.3, -0.25) is 4.79 Å². The first-order valence-corrected chi connectivity index (χ1v) is 8.14. The van der Waals surface area contributed by atoms with E-state index in [0.29, 0.717) is 31.0 Å². The molecule has 0 spiro atoms. The number of ether oxygens (including phenoxy) is 1. The van der Waals surface area contributed by atoms with Crippen LogP contribution in [-0.4, -0.2) is 40.8 Å². The zero-order valence-corrected chi connectivity index (χ0v) is 14.0. The van der Waals surface area contributed by atoms with E-state index in [1.54, 1.807) is 17.0 Å². The highest BCUT2D eigenvalue weighted by Gasteiger charge is 2.28. The van der Waals surface area contributed by atoms with E-state index < -0.39 is 0 Å². The normalized spacial score (nSPS) is 17.3. The average molecular weight is 330 g/mol. The fourth-order valence-corrected chi connectivity index (χ4v) is 2.96. The minimum absolute atomic E-state index is 0.0553. The lowest BCUT2D eigenvalue weighted by Gasteiger charge is -2.18. The summed E-state index contributed by atoms with van der Waals surface area (Å²) in [7, 11) is 0. The summed E-state index contributed by atoms with van der Waals surface area (Å²) < 4.78 is 11.0. The zero-order valence-electron chi connectivity index (χ0n) is 14.0. The topological polar surface area (TPSA) is 75.8 Å². The van der Waals surface area contributed by atoms with Crippen molar-refractivity contribution in [3.8, 4) is 5.75 Å². The van der Waals surface area contributed by atoms with Crippen molar-refractivity contribution in [3.05, 3.63) is 46.8 Å². The van der Waals surface area contributed by atoms with Crippen LogP contribution >= 0.6 is 0 Å². The summed E-state index contributed by atoms with van der Waals surface area (Å²) in [6, 6.07) is 7.25. The molecule has 1 aliphatic rings. The molecule has 1 saturated heterocycles. The SMILES string of the molecule is Cc1noc(C)c1COc1ccccc1C(=O)N1CCC(CO)C1. The maximum absolute atomic E-state index is 12.8. The van der Waals surface area contributed by atoms with Crippen LogP contribution in [-0.2, 0) is 6.61 Å². The molecule has 2 heterocycles. The standard InChI is InChI=1S/C18H22N2O4/c1-12-16(13(2)24-19-12)11-23-17-6-4-3-5-15(17)18(22)20-8-7-14(9-20)10-21/h3-6,14,21H,7-11H2,1-2H3. The number of carbonyl (C=O) groups is 1. The second kappa shape index (κ2) is 7.05. The second-order valence-corrected chi connectivity index (χ2v) is 6.18. The molecule has 3 rings (SSSR count). The van der Waals surface area contributed by atoms with Gasteiger partial charge in [-0.15, -0.1) is 0 Å². The lowest BCUT2D eigenvalue weighted by atomic mass is 10.1.